The predicted molar refractivity (Wildman–Crippen MR) is 66.5 cm³/mol. The predicted octanol–water partition coefficient (Wildman–Crippen LogP) is 0.159. The van der Waals surface area contributed by atoms with Crippen LogP contribution in [-0.4, -0.2) is 36.5 Å². The van der Waals surface area contributed by atoms with Gasteiger partial charge in [0.25, 0.3) is 0 Å². The minimum Gasteiger partial charge on any atom is -0.355 e. The Bertz CT molecular complexity index is 289. The molecule has 98 valence electrons. The van der Waals surface area contributed by atoms with Gasteiger partial charge >= 0.3 is 0 Å². The second kappa shape index (κ2) is 6.00. The van der Waals surface area contributed by atoms with Crippen LogP contribution in [0.25, 0.3) is 0 Å². The monoisotopic (exact) mass is 241 g/mol. The highest BCUT2D eigenvalue weighted by atomic mass is 16.2. The minimum absolute atomic E-state index is 0.00111. The van der Waals surface area contributed by atoms with E-state index in [-0.39, 0.29) is 29.9 Å². The third kappa shape index (κ3) is 4.73. The molecule has 2 amide bonds. The summed E-state index contributed by atoms with van der Waals surface area (Å²) in [5.74, 6) is -0.0611. The molecule has 0 aromatic rings. The van der Waals surface area contributed by atoms with Crippen LogP contribution in [-0.2, 0) is 9.59 Å². The van der Waals surface area contributed by atoms with Gasteiger partial charge in [-0.2, -0.15) is 0 Å². The molecule has 1 rings (SSSR count). The van der Waals surface area contributed by atoms with Gasteiger partial charge < -0.3 is 10.6 Å². The van der Waals surface area contributed by atoms with Crippen LogP contribution < -0.4 is 16.0 Å². The maximum atomic E-state index is 11.7. The quantitative estimate of drug-likeness (QED) is 0.642. The van der Waals surface area contributed by atoms with Gasteiger partial charge in [0.2, 0.25) is 11.8 Å². The summed E-state index contributed by atoms with van der Waals surface area (Å²) in [5, 5.41) is 8.70. The number of nitrogens with one attached hydrogen (secondary N) is 3. The summed E-state index contributed by atoms with van der Waals surface area (Å²) in [6, 6.07) is -0.223. The summed E-state index contributed by atoms with van der Waals surface area (Å²) in [6.45, 7) is 6.94. The molecule has 0 saturated carbocycles. The van der Waals surface area contributed by atoms with Gasteiger partial charge in [0.05, 0.1) is 12.6 Å². The third-order valence-electron chi connectivity index (χ3n) is 3.16. The van der Waals surface area contributed by atoms with Crippen LogP contribution in [0.15, 0.2) is 0 Å². The zero-order valence-electron chi connectivity index (χ0n) is 10.9. The molecule has 1 aliphatic heterocycles. The van der Waals surface area contributed by atoms with Gasteiger partial charge in [-0.05, 0) is 33.1 Å². The van der Waals surface area contributed by atoms with E-state index in [0.717, 1.165) is 25.8 Å². The molecule has 0 bridgehead atoms. The van der Waals surface area contributed by atoms with Crippen LogP contribution in [0.2, 0.25) is 0 Å². The molecule has 5 nitrogen and oxygen atoms in total. The van der Waals surface area contributed by atoms with Crippen molar-refractivity contribution < 1.29 is 9.59 Å². The number of hydrogen-bond acceptors (Lipinski definition) is 3. The van der Waals surface area contributed by atoms with Gasteiger partial charge in [0, 0.05) is 12.1 Å². The van der Waals surface area contributed by atoms with Crippen LogP contribution in [0.3, 0.4) is 0 Å². The molecule has 1 unspecified atom stereocenters. The minimum atomic E-state index is -0.223. The lowest BCUT2D eigenvalue weighted by molar-refractivity contribution is -0.125. The van der Waals surface area contributed by atoms with Crippen LogP contribution in [0.5, 0.6) is 0 Å². The van der Waals surface area contributed by atoms with Gasteiger partial charge in [0.1, 0.15) is 0 Å². The lowest BCUT2D eigenvalue weighted by Gasteiger charge is -2.26. The number of carbonyl (C=O) groups excluding carboxylic acids is 2. The molecule has 5 heteroatoms. The molecular weight excluding hydrogens is 218 g/mol. The van der Waals surface area contributed by atoms with Crippen molar-refractivity contribution in [3.63, 3.8) is 0 Å². The van der Waals surface area contributed by atoms with Gasteiger partial charge in [-0.1, -0.05) is 6.92 Å². The molecule has 3 N–H and O–H groups in total. The second-order valence-corrected chi connectivity index (χ2v) is 5.15. The SMILES string of the molecule is CCC(C)(C)NC(=O)CNC1CCCNC1=O. The summed E-state index contributed by atoms with van der Waals surface area (Å²) < 4.78 is 0. The molecule has 0 spiro atoms. The van der Waals surface area contributed by atoms with Crippen molar-refractivity contribution >= 4 is 11.8 Å². The summed E-state index contributed by atoms with van der Waals surface area (Å²) in [4.78, 5) is 23.1. The van der Waals surface area contributed by atoms with Gasteiger partial charge in [0.15, 0.2) is 0 Å². The Morgan fingerprint density at radius 3 is 2.82 bits per heavy atom. The molecular formula is C12H23N3O2. The van der Waals surface area contributed by atoms with E-state index >= 15 is 0 Å². The Labute approximate surface area is 103 Å². The van der Waals surface area contributed by atoms with Crippen LogP contribution in [0, 0.1) is 0 Å². The van der Waals surface area contributed by atoms with Crippen molar-refractivity contribution in [3.05, 3.63) is 0 Å². The van der Waals surface area contributed by atoms with Crippen LogP contribution in [0.1, 0.15) is 40.0 Å². The maximum absolute atomic E-state index is 11.7. The summed E-state index contributed by atoms with van der Waals surface area (Å²) in [5.41, 5.74) is -0.187. The second-order valence-electron chi connectivity index (χ2n) is 5.15. The summed E-state index contributed by atoms with van der Waals surface area (Å²) >= 11 is 0. The van der Waals surface area contributed by atoms with E-state index in [1.165, 1.54) is 0 Å². The molecule has 1 saturated heterocycles. The van der Waals surface area contributed by atoms with Crippen molar-refractivity contribution in [1.29, 1.82) is 0 Å². The van der Waals surface area contributed by atoms with Gasteiger partial charge in [-0.25, -0.2) is 0 Å². The first-order valence-corrected chi connectivity index (χ1v) is 6.27. The fraction of sp³-hybridized carbons (Fsp3) is 0.833. The molecule has 0 aliphatic carbocycles. The maximum Gasteiger partial charge on any atom is 0.237 e. The summed E-state index contributed by atoms with van der Waals surface area (Å²) in [7, 11) is 0. The number of amides is 2. The number of hydrogen-bond donors (Lipinski definition) is 3. The molecule has 1 heterocycles. The van der Waals surface area contributed by atoms with E-state index in [2.05, 4.69) is 16.0 Å². The van der Waals surface area contributed by atoms with E-state index in [1.54, 1.807) is 0 Å². The number of carbonyl (C=O) groups is 2. The Kier molecular flexibility index (Phi) is 4.93. The first kappa shape index (κ1) is 14.0. The van der Waals surface area contributed by atoms with E-state index in [9.17, 15) is 9.59 Å². The highest BCUT2D eigenvalue weighted by molar-refractivity contribution is 5.84. The Morgan fingerprint density at radius 1 is 1.53 bits per heavy atom. The Hall–Kier alpha value is -1.10. The lowest BCUT2D eigenvalue weighted by atomic mass is 10.0. The Balaban J connectivity index is 2.30. The van der Waals surface area contributed by atoms with E-state index in [1.807, 2.05) is 20.8 Å². The molecule has 0 aromatic carbocycles. The zero-order valence-corrected chi connectivity index (χ0v) is 10.9. The van der Waals surface area contributed by atoms with Crippen molar-refractivity contribution in [2.75, 3.05) is 13.1 Å². The largest absolute Gasteiger partial charge is 0.355 e. The lowest BCUT2D eigenvalue weighted by Crippen LogP contribution is -2.52. The smallest absolute Gasteiger partial charge is 0.237 e. The fourth-order valence-electron chi connectivity index (χ4n) is 1.69. The first-order chi connectivity index (χ1) is 7.94. The van der Waals surface area contributed by atoms with Crippen molar-refractivity contribution in [2.24, 2.45) is 0 Å². The fourth-order valence-corrected chi connectivity index (χ4v) is 1.69. The van der Waals surface area contributed by atoms with E-state index in [0.29, 0.717) is 0 Å². The van der Waals surface area contributed by atoms with E-state index in [4.69, 9.17) is 0 Å². The van der Waals surface area contributed by atoms with Crippen molar-refractivity contribution in [2.45, 2.75) is 51.6 Å². The standard InChI is InChI=1S/C12H23N3O2/c1-4-12(2,3)15-10(16)8-14-9-6-5-7-13-11(9)17/h9,14H,4-8H2,1-3H3,(H,13,17)(H,15,16). The van der Waals surface area contributed by atoms with Gasteiger partial charge in [-0.15, -0.1) is 0 Å². The number of piperidine rings is 1. The molecule has 0 aromatic heterocycles. The van der Waals surface area contributed by atoms with Crippen molar-refractivity contribution in [1.82, 2.24) is 16.0 Å². The molecule has 1 aliphatic rings. The summed E-state index contributed by atoms with van der Waals surface area (Å²) in [6.07, 6.45) is 2.64. The average molecular weight is 241 g/mol. The van der Waals surface area contributed by atoms with E-state index < -0.39 is 0 Å². The molecule has 17 heavy (non-hydrogen) atoms. The topological polar surface area (TPSA) is 70.2 Å². The highest BCUT2D eigenvalue weighted by Gasteiger charge is 2.23. The normalized spacial score (nSPS) is 20.9. The Morgan fingerprint density at radius 2 is 2.24 bits per heavy atom. The average Bonchev–Trinajstić information content (AvgIpc) is 2.27. The molecule has 1 fully saturated rings. The third-order valence-corrected chi connectivity index (χ3v) is 3.16. The number of rotatable bonds is 5. The van der Waals surface area contributed by atoms with Crippen LogP contribution in [0.4, 0.5) is 0 Å². The van der Waals surface area contributed by atoms with Crippen LogP contribution >= 0.6 is 0 Å². The highest BCUT2D eigenvalue weighted by Crippen LogP contribution is 2.06. The van der Waals surface area contributed by atoms with Crippen molar-refractivity contribution in [3.8, 4) is 0 Å². The zero-order chi connectivity index (χ0) is 12.9. The first-order valence-electron chi connectivity index (χ1n) is 6.27. The molecule has 0 radical (unpaired) electrons. The molecule has 1 atom stereocenters. The van der Waals surface area contributed by atoms with Gasteiger partial charge in [-0.3, -0.25) is 14.9 Å².